The van der Waals surface area contributed by atoms with Crippen LogP contribution in [0.3, 0.4) is 0 Å². The fourth-order valence-electron chi connectivity index (χ4n) is 2.45. The number of aryl methyl sites for hydroxylation is 1. The molecule has 2 aromatic carbocycles. The van der Waals surface area contributed by atoms with Crippen molar-refractivity contribution in [2.75, 3.05) is 0 Å². The zero-order valence-corrected chi connectivity index (χ0v) is 13.4. The van der Waals surface area contributed by atoms with Gasteiger partial charge in [-0.2, -0.15) is 0 Å². The molecular weight excluding hydrogens is 322 g/mol. The Kier molecular flexibility index (Phi) is 4.35. The van der Waals surface area contributed by atoms with Crippen LogP contribution < -0.4 is 11.2 Å². The van der Waals surface area contributed by atoms with E-state index in [2.05, 4.69) is 0 Å². The molecule has 0 saturated heterocycles. The lowest BCUT2D eigenvalue weighted by Crippen LogP contribution is -2.26. The molecule has 0 aliphatic heterocycles. The predicted octanol–water partition coefficient (Wildman–Crippen LogP) is 2.48. The highest BCUT2D eigenvalue weighted by Crippen LogP contribution is 2.20. The molecule has 25 heavy (non-hydrogen) atoms. The van der Waals surface area contributed by atoms with Crippen LogP contribution in [0.25, 0.3) is 11.0 Å². The van der Waals surface area contributed by atoms with Crippen molar-refractivity contribution < 1.29 is 18.7 Å². The molecule has 6 nitrogen and oxygen atoms in total. The first-order valence-corrected chi connectivity index (χ1v) is 7.55. The average molecular weight is 337 g/mol. The van der Waals surface area contributed by atoms with E-state index in [9.17, 15) is 14.4 Å². The van der Waals surface area contributed by atoms with Crippen LogP contribution in [0, 0.1) is 6.92 Å². The highest BCUT2D eigenvalue weighted by molar-refractivity contribution is 5.91. The number of fused-ring (bicyclic) bond motifs is 1. The lowest BCUT2D eigenvalue weighted by atomic mass is 10.1. The highest BCUT2D eigenvalue weighted by Gasteiger charge is 2.25. The van der Waals surface area contributed by atoms with Gasteiger partial charge >= 0.3 is 5.97 Å². The Labute approximate surface area is 142 Å². The van der Waals surface area contributed by atoms with Gasteiger partial charge in [-0.1, -0.05) is 42.0 Å². The van der Waals surface area contributed by atoms with Crippen LogP contribution >= 0.6 is 0 Å². The minimum absolute atomic E-state index is 0.264. The number of rotatable bonds is 4. The standard InChI is InChI=1S/C19H15NO5/c1-11-7-8-15-13(9-11)14(21)10-16(24-15)19(23)25-17(18(20)22)12-5-3-2-4-6-12/h2-10,17H,1H3,(H2,20,22)/t17-/m1/s1. The average Bonchev–Trinajstić information content (AvgIpc) is 2.60. The molecule has 0 aliphatic rings. The number of benzene rings is 2. The van der Waals surface area contributed by atoms with Crippen LogP contribution in [0.1, 0.15) is 27.8 Å². The quantitative estimate of drug-likeness (QED) is 0.737. The van der Waals surface area contributed by atoms with Crippen molar-refractivity contribution in [1.29, 1.82) is 0 Å². The third-order valence-electron chi connectivity index (χ3n) is 3.67. The van der Waals surface area contributed by atoms with Gasteiger partial charge in [0.1, 0.15) is 5.58 Å². The van der Waals surface area contributed by atoms with Crippen molar-refractivity contribution in [3.63, 3.8) is 0 Å². The van der Waals surface area contributed by atoms with E-state index in [0.29, 0.717) is 10.9 Å². The Hall–Kier alpha value is -3.41. The summed E-state index contributed by atoms with van der Waals surface area (Å²) in [6.45, 7) is 1.85. The summed E-state index contributed by atoms with van der Waals surface area (Å²) in [5.74, 6) is -2.05. The molecule has 1 aromatic heterocycles. The van der Waals surface area contributed by atoms with Crippen molar-refractivity contribution in [1.82, 2.24) is 0 Å². The lowest BCUT2D eigenvalue weighted by molar-refractivity contribution is -0.127. The van der Waals surface area contributed by atoms with E-state index in [1.54, 1.807) is 48.5 Å². The molecule has 0 saturated carbocycles. The molecule has 1 amide bonds. The molecule has 0 bridgehead atoms. The molecule has 0 radical (unpaired) electrons. The van der Waals surface area contributed by atoms with Crippen LogP contribution in [0.2, 0.25) is 0 Å². The maximum Gasteiger partial charge on any atom is 0.375 e. The van der Waals surface area contributed by atoms with Crippen LogP contribution in [0.5, 0.6) is 0 Å². The van der Waals surface area contributed by atoms with Gasteiger partial charge in [0.25, 0.3) is 5.91 Å². The Bertz CT molecular complexity index is 1010. The Morgan fingerprint density at radius 2 is 1.80 bits per heavy atom. The lowest BCUT2D eigenvalue weighted by Gasteiger charge is -2.14. The minimum atomic E-state index is -1.27. The Balaban J connectivity index is 1.95. The molecule has 1 atom stereocenters. The maximum atomic E-state index is 12.3. The first kappa shape index (κ1) is 16.4. The number of hydrogen-bond acceptors (Lipinski definition) is 5. The third kappa shape index (κ3) is 3.42. The van der Waals surface area contributed by atoms with E-state index in [0.717, 1.165) is 11.6 Å². The molecular formula is C19H15NO5. The maximum absolute atomic E-state index is 12.3. The van der Waals surface area contributed by atoms with E-state index in [-0.39, 0.29) is 16.8 Å². The fraction of sp³-hybridized carbons (Fsp3) is 0.105. The number of carbonyl (C=O) groups is 2. The molecule has 2 N–H and O–H groups in total. The number of ether oxygens (including phenoxy) is 1. The number of esters is 1. The largest absolute Gasteiger partial charge is 0.449 e. The fourth-order valence-corrected chi connectivity index (χ4v) is 2.45. The molecule has 0 spiro atoms. The van der Waals surface area contributed by atoms with E-state index in [4.69, 9.17) is 14.9 Å². The first-order chi connectivity index (χ1) is 12.0. The molecule has 3 aromatic rings. The van der Waals surface area contributed by atoms with Gasteiger partial charge in [-0.3, -0.25) is 9.59 Å². The van der Waals surface area contributed by atoms with Crippen LogP contribution in [-0.4, -0.2) is 11.9 Å². The summed E-state index contributed by atoms with van der Waals surface area (Å²) in [7, 11) is 0. The van der Waals surface area contributed by atoms with Gasteiger partial charge in [0.05, 0.1) is 5.39 Å². The third-order valence-corrected chi connectivity index (χ3v) is 3.67. The van der Waals surface area contributed by atoms with Crippen LogP contribution in [0.4, 0.5) is 0 Å². The summed E-state index contributed by atoms with van der Waals surface area (Å²) < 4.78 is 10.6. The molecule has 3 rings (SSSR count). The highest BCUT2D eigenvalue weighted by atomic mass is 16.6. The van der Waals surface area contributed by atoms with Crippen LogP contribution in [-0.2, 0) is 9.53 Å². The Morgan fingerprint density at radius 3 is 2.48 bits per heavy atom. The molecule has 0 fully saturated rings. The van der Waals surface area contributed by atoms with E-state index >= 15 is 0 Å². The number of nitrogens with two attached hydrogens (primary N) is 1. The zero-order valence-electron chi connectivity index (χ0n) is 13.4. The van der Waals surface area contributed by atoms with Crippen molar-refractivity contribution in [2.24, 2.45) is 5.73 Å². The van der Waals surface area contributed by atoms with Crippen LogP contribution in [0.15, 0.2) is 63.8 Å². The zero-order chi connectivity index (χ0) is 18.0. The van der Waals surface area contributed by atoms with E-state index < -0.39 is 18.0 Å². The topological polar surface area (TPSA) is 99.6 Å². The molecule has 0 aliphatic carbocycles. The second kappa shape index (κ2) is 6.60. The molecule has 126 valence electrons. The van der Waals surface area contributed by atoms with E-state index in [1.165, 1.54) is 0 Å². The summed E-state index contributed by atoms with van der Waals surface area (Å²) in [6, 6.07) is 14.5. The number of primary amides is 1. The molecule has 1 heterocycles. The monoisotopic (exact) mass is 337 g/mol. The number of amides is 1. The molecule has 0 unspecified atom stereocenters. The predicted molar refractivity (Wildman–Crippen MR) is 91.0 cm³/mol. The first-order valence-electron chi connectivity index (χ1n) is 7.55. The second-order valence-electron chi connectivity index (χ2n) is 5.57. The van der Waals surface area contributed by atoms with Crippen molar-refractivity contribution >= 4 is 22.8 Å². The number of carbonyl (C=O) groups excluding carboxylic acids is 2. The SMILES string of the molecule is Cc1ccc2oc(C(=O)O[C@@H](C(N)=O)c3ccccc3)cc(=O)c2c1. The van der Waals surface area contributed by atoms with E-state index in [1.807, 2.05) is 6.92 Å². The van der Waals surface area contributed by atoms with Crippen molar-refractivity contribution in [3.8, 4) is 0 Å². The summed E-state index contributed by atoms with van der Waals surface area (Å²) in [5, 5.41) is 0.367. The van der Waals surface area contributed by atoms with Gasteiger partial charge in [-0.25, -0.2) is 4.79 Å². The normalized spacial score (nSPS) is 11.9. The van der Waals surface area contributed by atoms with Gasteiger partial charge in [0.15, 0.2) is 5.43 Å². The Morgan fingerprint density at radius 1 is 1.08 bits per heavy atom. The summed E-state index contributed by atoms with van der Waals surface area (Å²) >= 11 is 0. The van der Waals surface area contributed by atoms with Gasteiger partial charge in [0, 0.05) is 11.6 Å². The number of hydrogen-bond donors (Lipinski definition) is 1. The smallest absolute Gasteiger partial charge is 0.375 e. The minimum Gasteiger partial charge on any atom is -0.449 e. The van der Waals surface area contributed by atoms with Gasteiger partial charge in [-0.05, 0) is 19.1 Å². The van der Waals surface area contributed by atoms with Gasteiger partial charge in [-0.15, -0.1) is 0 Å². The summed E-state index contributed by atoms with van der Waals surface area (Å²) in [4.78, 5) is 36.2. The van der Waals surface area contributed by atoms with Crippen molar-refractivity contribution in [3.05, 3.63) is 81.7 Å². The van der Waals surface area contributed by atoms with Gasteiger partial charge in [0.2, 0.25) is 11.9 Å². The summed E-state index contributed by atoms with van der Waals surface area (Å²) in [6.07, 6.45) is -1.27. The molecule has 6 heteroatoms. The summed E-state index contributed by atoms with van der Waals surface area (Å²) in [5.41, 5.74) is 6.55. The van der Waals surface area contributed by atoms with Gasteiger partial charge < -0.3 is 14.9 Å². The second-order valence-corrected chi connectivity index (χ2v) is 5.57. The van der Waals surface area contributed by atoms with Crippen molar-refractivity contribution in [2.45, 2.75) is 13.0 Å².